The highest BCUT2D eigenvalue weighted by Gasteiger charge is 2.22. The lowest BCUT2D eigenvalue weighted by molar-refractivity contribution is 0.463. The molecular formula is C11H20N4OS. The molecule has 2 rings (SSSR count). The van der Waals surface area contributed by atoms with Gasteiger partial charge in [0, 0.05) is 24.1 Å². The van der Waals surface area contributed by atoms with Crippen molar-refractivity contribution >= 4 is 17.8 Å². The molecule has 1 atom stereocenters. The lowest BCUT2D eigenvalue weighted by atomic mass is 10.3. The summed E-state index contributed by atoms with van der Waals surface area (Å²) in [7, 11) is 0. The number of nitrogens with one attached hydrogen (secondary N) is 1. The lowest BCUT2D eigenvalue weighted by Gasteiger charge is -2.30. The summed E-state index contributed by atoms with van der Waals surface area (Å²) in [5.74, 6) is 1.82. The van der Waals surface area contributed by atoms with Crippen LogP contribution in [0.25, 0.3) is 0 Å². The minimum atomic E-state index is 0.656. The van der Waals surface area contributed by atoms with Crippen LogP contribution < -0.4 is 10.2 Å². The molecule has 0 spiro atoms. The van der Waals surface area contributed by atoms with Crippen molar-refractivity contribution in [1.29, 1.82) is 0 Å². The molecule has 1 fully saturated rings. The fourth-order valence-electron chi connectivity index (χ4n) is 1.82. The first kappa shape index (κ1) is 12.7. The standard InChI is InChI=1S/C11H20N4OS/c1-3-9-8-15(5-6-17-9)11-14-13-10(16-11)7-12-4-2/h9,12H,3-8H2,1-2H3. The van der Waals surface area contributed by atoms with Crippen molar-refractivity contribution in [3.63, 3.8) is 0 Å². The van der Waals surface area contributed by atoms with Gasteiger partial charge in [-0.25, -0.2) is 0 Å². The molecule has 0 saturated carbocycles. The summed E-state index contributed by atoms with van der Waals surface area (Å²) in [4.78, 5) is 2.20. The molecule has 5 nitrogen and oxygen atoms in total. The van der Waals surface area contributed by atoms with E-state index in [-0.39, 0.29) is 0 Å². The fraction of sp³-hybridized carbons (Fsp3) is 0.818. The molecule has 96 valence electrons. The average molecular weight is 256 g/mol. The lowest BCUT2D eigenvalue weighted by Crippen LogP contribution is -2.37. The molecule has 1 unspecified atom stereocenters. The van der Waals surface area contributed by atoms with E-state index in [2.05, 4.69) is 34.3 Å². The van der Waals surface area contributed by atoms with E-state index in [1.54, 1.807) is 0 Å². The van der Waals surface area contributed by atoms with Crippen LogP contribution in [-0.4, -0.2) is 40.8 Å². The van der Waals surface area contributed by atoms with Gasteiger partial charge in [0.1, 0.15) is 0 Å². The molecule has 6 heteroatoms. The SMILES string of the molecule is CCNCc1nnc(N2CCSC(CC)C2)o1. The van der Waals surface area contributed by atoms with Crippen molar-refractivity contribution in [2.75, 3.05) is 30.3 Å². The Morgan fingerprint density at radius 3 is 3.12 bits per heavy atom. The molecule has 1 aliphatic heterocycles. The summed E-state index contributed by atoms with van der Waals surface area (Å²) < 4.78 is 5.65. The molecule has 0 amide bonds. The van der Waals surface area contributed by atoms with Gasteiger partial charge in [-0.15, -0.1) is 5.10 Å². The summed E-state index contributed by atoms with van der Waals surface area (Å²) in [6.07, 6.45) is 1.19. The quantitative estimate of drug-likeness (QED) is 0.862. The van der Waals surface area contributed by atoms with Crippen LogP contribution in [0.15, 0.2) is 4.42 Å². The highest BCUT2D eigenvalue weighted by Crippen LogP contribution is 2.24. The van der Waals surface area contributed by atoms with E-state index in [9.17, 15) is 0 Å². The van der Waals surface area contributed by atoms with E-state index < -0.39 is 0 Å². The Morgan fingerprint density at radius 2 is 2.35 bits per heavy atom. The molecule has 0 radical (unpaired) electrons. The van der Waals surface area contributed by atoms with Crippen molar-refractivity contribution in [2.24, 2.45) is 0 Å². The molecule has 1 aromatic heterocycles. The molecule has 0 aliphatic carbocycles. The number of aromatic nitrogens is 2. The van der Waals surface area contributed by atoms with Gasteiger partial charge in [0.2, 0.25) is 5.89 Å². The molecule has 1 aliphatic rings. The molecule has 1 aromatic rings. The van der Waals surface area contributed by atoms with Gasteiger partial charge in [0.15, 0.2) is 0 Å². The Morgan fingerprint density at radius 1 is 1.47 bits per heavy atom. The number of anilines is 1. The van der Waals surface area contributed by atoms with E-state index in [4.69, 9.17) is 4.42 Å². The summed E-state index contributed by atoms with van der Waals surface area (Å²) in [5, 5.41) is 12.0. The second-order valence-electron chi connectivity index (χ2n) is 4.11. The van der Waals surface area contributed by atoms with Gasteiger partial charge < -0.3 is 14.6 Å². The Hall–Kier alpha value is -0.750. The van der Waals surface area contributed by atoms with Crippen LogP contribution in [0.2, 0.25) is 0 Å². The van der Waals surface area contributed by atoms with Crippen molar-refractivity contribution in [1.82, 2.24) is 15.5 Å². The zero-order chi connectivity index (χ0) is 12.1. The van der Waals surface area contributed by atoms with E-state index in [1.165, 1.54) is 6.42 Å². The monoisotopic (exact) mass is 256 g/mol. The molecule has 2 heterocycles. The maximum Gasteiger partial charge on any atom is 0.318 e. The smallest absolute Gasteiger partial charge is 0.318 e. The van der Waals surface area contributed by atoms with Crippen molar-refractivity contribution in [3.05, 3.63) is 5.89 Å². The molecule has 1 N–H and O–H groups in total. The van der Waals surface area contributed by atoms with Crippen LogP contribution in [0.4, 0.5) is 6.01 Å². The molecule has 1 saturated heterocycles. The zero-order valence-corrected chi connectivity index (χ0v) is 11.3. The third-order valence-electron chi connectivity index (χ3n) is 2.85. The summed E-state index contributed by atoms with van der Waals surface area (Å²) >= 11 is 2.04. The highest BCUT2D eigenvalue weighted by atomic mass is 32.2. The predicted octanol–water partition coefficient (Wildman–Crippen LogP) is 1.51. The van der Waals surface area contributed by atoms with Gasteiger partial charge in [-0.05, 0) is 13.0 Å². The third kappa shape index (κ3) is 3.35. The Kier molecular flexibility index (Phi) is 4.67. The topological polar surface area (TPSA) is 54.2 Å². The van der Waals surface area contributed by atoms with Crippen LogP contribution in [0.5, 0.6) is 0 Å². The third-order valence-corrected chi connectivity index (χ3v) is 4.22. The summed E-state index contributed by atoms with van der Waals surface area (Å²) in [6, 6.07) is 0.677. The van der Waals surface area contributed by atoms with Crippen LogP contribution in [0.1, 0.15) is 26.2 Å². The second-order valence-corrected chi connectivity index (χ2v) is 5.51. The predicted molar refractivity (Wildman–Crippen MR) is 70.4 cm³/mol. The number of hydrogen-bond donors (Lipinski definition) is 1. The van der Waals surface area contributed by atoms with Crippen LogP contribution in [-0.2, 0) is 6.54 Å². The zero-order valence-electron chi connectivity index (χ0n) is 10.5. The van der Waals surface area contributed by atoms with Gasteiger partial charge in [0.05, 0.1) is 6.54 Å². The van der Waals surface area contributed by atoms with Gasteiger partial charge in [-0.1, -0.05) is 18.9 Å². The summed E-state index contributed by atoms with van der Waals surface area (Å²) in [6.45, 7) is 7.88. The second kappa shape index (κ2) is 6.26. The number of hydrogen-bond acceptors (Lipinski definition) is 6. The van der Waals surface area contributed by atoms with E-state index >= 15 is 0 Å². The van der Waals surface area contributed by atoms with Crippen LogP contribution in [0, 0.1) is 0 Å². The van der Waals surface area contributed by atoms with Crippen molar-refractivity contribution in [2.45, 2.75) is 32.1 Å². The van der Waals surface area contributed by atoms with Gasteiger partial charge in [-0.2, -0.15) is 11.8 Å². The van der Waals surface area contributed by atoms with Crippen molar-refractivity contribution < 1.29 is 4.42 Å². The fourth-order valence-corrected chi connectivity index (χ4v) is 3.00. The first-order chi connectivity index (χ1) is 8.33. The minimum Gasteiger partial charge on any atom is -0.407 e. The normalized spacial score (nSPS) is 20.8. The van der Waals surface area contributed by atoms with Gasteiger partial charge in [0.25, 0.3) is 0 Å². The maximum atomic E-state index is 5.65. The number of rotatable bonds is 5. The number of thioether (sulfide) groups is 1. The number of nitrogens with zero attached hydrogens (tertiary/aromatic N) is 3. The van der Waals surface area contributed by atoms with Crippen LogP contribution in [0.3, 0.4) is 0 Å². The van der Waals surface area contributed by atoms with Crippen molar-refractivity contribution in [3.8, 4) is 0 Å². The molecular weight excluding hydrogens is 236 g/mol. The minimum absolute atomic E-state index is 0.656. The maximum absolute atomic E-state index is 5.65. The summed E-state index contributed by atoms with van der Waals surface area (Å²) in [5.41, 5.74) is 0. The largest absolute Gasteiger partial charge is 0.407 e. The van der Waals surface area contributed by atoms with Crippen LogP contribution >= 0.6 is 11.8 Å². The molecule has 0 bridgehead atoms. The Bertz CT molecular complexity index is 344. The van der Waals surface area contributed by atoms with Gasteiger partial charge >= 0.3 is 6.01 Å². The first-order valence-corrected chi connectivity index (χ1v) is 7.28. The molecule has 0 aromatic carbocycles. The molecule has 17 heavy (non-hydrogen) atoms. The Labute approximate surface area is 106 Å². The Balaban J connectivity index is 1.94. The highest BCUT2D eigenvalue weighted by molar-refractivity contribution is 8.00. The van der Waals surface area contributed by atoms with E-state index in [1.807, 2.05) is 11.8 Å². The van der Waals surface area contributed by atoms with E-state index in [0.29, 0.717) is 23.7 Å². The van der Waals surface area contributed by atoms with E-state index in [0.717, 1.165) is 25.4 Å². The first-order valence-electron chi connectivity index (χ1n) is 6.23. The van der Waals surface area contributed by atoms with Gasteiger partial charge in [-0.3, -0.25) is 0 Å². The average Bonchev–Trinajstić information content (AvgIpc) is 2.85.